The number of halogens is 2. The number of imide groups is 1. The topological polar surface area (TPSA) is 67.9 Å². The second kappa shape index (κ2) is 10.3. The second-order valence-corrected chi connectivity index (χ2v) is 9.10. The lowest BCUT2D eigenvalue weighted by molar-refractivity contribution is -0.123. The minimum Gasteiger partial charge on any atom is -0.493 e. The first-order valence-electron chi connectivity index (χ1n) is 10.5. The molecule has 8 heteroatoms. The van der Waals surface area contributed by atoms with E-state index in [0.717, 1.165) is 16.0 Å². The number of amides is 3. The molecule has 174 valence electrons. The van der Waals surface area contributed by atoms with Gasteiger partial charge in [0.2, 0.25) is 0 Å². The van der Waals surface area contributed by atoms with Crippen molar-refractivity contribution >= 4 is 45.5 Å². The lowest BCUT2D eigenvalue weighted by Gasteiger charge is -2.13. The van der Waals surface area contributed by atoms with Crippen LogP contribution >= 0.6 is 27.5 Å². The third-order valence-corrected chi connectivity index (χ3v) is 6.25. The van der Waals surface area contributed by atoms with Gasteiger partial charge in [0, 0.05) is 9.50 Å². The largest absolute Gasteiger partial charge is 0.493 e. The Balaban J connectivity index is 1.52. The molecule has 3 aromatic carbocycles. The molecular formula is C26H22BrClN2O4. The molecule has 0 aliphatic carbocycles. The quantitative estimate of drug-likeness (QED) is 0.290. The summed E-state index contributed by atoms with van der Waals surface area (Å²) >= 11 is 9.45. The Morgan fingerprint density at radius 2 is 1.68 bits per heavy atom. The molecular weight excluding hydrogens is 520 g/mol. The SMILES string of the molecule is COc1cc(/C=C2\NC(=O)N(Cc3ccc(Cl)cc3)C2=O)c(Br)cc1OCc1ccc(C)cc1. The van der Waals surface area contributed by atoms with Gasteiger partial charge < -0.3 is 14.8 Å². The molecule has 1 aliphatic rings. The standard InChI is InChI=1S/C26H22BrClN2O4/c1-16-3-5-18(6-4-16)15-34-24-13-21(27)19(12-23(24)33-2)11-22-25(31)30(26(32)29-22)14-17-7-9-20(28)10-8-17/h3-13H,14-15H2,1-2H3,(H,29,32)/b22-11-. The molecule has 0 radical (unpaired) electrons. The zero-order valence-electron chi connectivity index (χ0n) is 18.6. The monoisotopic (exact) mass is 540 g/mol. The van der Waals surface area contributed by atoms with Crippen LogP contribution in [0, 0.1) is 6.92 Å². The number of urea groups is 1. The predicted octanol–water partition coefficient (Wildman–Crippen LogP) is 6.09. The lowest BCUT2D eigenvalue weighted by atomic mass is 10.1. The van der Waals surface area contributed by atoms with Crippen LogP contribution in [0.5, 0.6) is 11.5 Å². The molecule has 3 aromatic rings. The van der Waals surface area contributed by atoms with Crippen molar-refractivity contribution in [1.82, 2.24) is 10.2 Å². The van der Waals surface area contributed by atoms with E-state index in [1.807, 2.05) is 31.2 Å². The molecule has 1 fully saturated rings. The molecule has 0 bridgehead atoms. The Bertz CT molecular complexity index is 1260. The van der Waals surface area contributed by atoms with E-state index in [1.165, 1.54) is 5.56 Å². The van der Waals surface area contributed by atoms with Gasteiger partial charge >= 0.3 is 6.03 Å². The van der Waals surface area contributed by atoms with E-state index in [4.69, 9.17) is 21.1 Å². The fourth-order valence-electron chi connectivity index (χ4n) is 3.42. The summed E-state index contributed by atoms with van der Waals surface area (Å²) in [4.78, 5) is 26.5. The Morgan fingerprint density at radius 3 is 2.35 bits per heavy atom. The molecule has 0 aromatic heterocycles. The summed E-state index contributed by atoms with van der Waals surface area (Å²) in [6.45, 7) is 2.57. The summed E-state index contributed by atoms with van der Waals surface area (Å²) in [7, 11) is 1.55. The van der Waals surface area contributed by atoms with Crippen molar-refractivity contribution < 1.29 is 19.1 Å². The second-order valence-electron chi connectivity index (χ2n) is 7.80. The normalized spacial score (nSPS) is 14.5. The molecule has 1 saturated heterocycles. The summed E-state index contributed by atoms with van der Waals surface area (Å²) in [5.74, 6) is 0.658. The van der Waals surface area contributed by atoms with Gasteiger partial charge in [-0.2, -0.15) is 0 Å². The first-order valence-corrected chi connectivity index (χ1v) is 11.7. The van der Waals surface area contributed by atoms with E-state index >= 15 is 0 Å². The van der Waals surface area contributed by atoms with Gasteiger partial charge in [-0.25, -0.2) is 4.79 Å². The third-order valence-electron chi connectivity index (χ3n) is 5.31. The van der Waals surface area contributed by atoms with Crippen LogP contribution in [0.3, 0.4) is 0 Å². The van der Waals surface area contributed by atoms with Crippen LogP contribution in [0.25, 0.3) is 6.08 Å². The summed E-state index contributed by atoms with van der Waals surface area (Å²) in [6, 6.07) is 18.1. The average Bonchev–Trinajstić information content (AvgIpc) is 3.08. The minimum absolute atomic E-state index is 0.148. The molecule has 0 spiro atoms. The van der Waals surface area contributed by atoms with Crippen molar-refractivity contribution in [2.75, 3.05) is 7.11 Å². The average molecular weight is 542 g/mol. The highest BCUT2D eigenvalue weighted by Crippen LogP contribution is 2.35. The Kier molecular flexibility index (Phi) is 7.24. The molecule has 34 heavy (non-hydrogen) atoms. The fourth-order valence-corrected chi connectivity index (χ4v) is 3.99. The smallest absolute Gasteiger partial charge is 0.329 e. The van der Waals surface area contributed by atoms with E-state index in [9.17, 15) is 9.59 Å². The third kappa shape index (κ3) is 5.43. The number of rotatable bonds is 7. The lowest BCUT2D eigenvalue weighted by Crippen LogP contribution is -2.30. The molecule has 1 aliphatic heterocycles. The molecule has 0 saturated carbocycles. The highest BCUT2D eigenvalue weighted by Gasteiger charge is 2.33. The molecule has 0 unspecified atom stereocenters. The van der Waals surface area contributed by atoms with Gasteiger partial charge in [0.1, 0.15) is 12.3 Å². The number of carbonyl (C=O) groups is 2. The highest BCUT2D eigenvalue weighted by atomic mass is 79.9. The van der Waals surface area contributed by atoms with Crippen LogP contribution in [-0.4, -0.2) is 23.9 Å². The molecule has 0 atom stereocenters. The van der Waals surface area contributed by atoms with E-state index in [2.05, 4.69) is 21.2 Å². The molecule has 6 nitrogen and oxygen atoms in total. The van der Waals surface area contributed by atoms with Crippen molar-refractivity contribution in [3.8, 4) is 11.5 Å². The Hall–Kier alpha value is -3.29. The van der Waals surface area contributed by atoms with Gasteiger partial charge in [0.15, 0.2) is 11.5 Å². The van der Waals surface area contributed by atoms with Gasteiger partial charge in [-0.1, -0.05) is 69.5 Å². The van der Waals surface area contributed by atoms with Crippen LogP contribution in [0.1, 0.15) is 22.3 Å². The zero-order valence-corrected chi connectivity index (χ0v) is 20.9. The number of nitrogens with one attached hydrogen (secondary N) is 1. The Morgan fingerprint density at radius 1 is 1.00 bits per heavy atom. The minimum atomic E-state index is -0.479. The van der Waals surface area contributed by atoms with Crippen LogP contribution in [0.15, 0.2) is 70.8 Å². The summed E-state index contributed by atoms with van der Waals surface area (Å²) in [5.41, 5.74) is 3.86. The van der Waals surface area contributed by atoms with E-state index in [1.54, 1.807) is 49.6 Å². The van der Waals surface area contributed by atoms with Crippen LogP contribution in [0.2, 0.25) is 5.02 Å². The number of hydrogen-bond donors (Lipinski definition) is 1. The number of carbonyl (C=O) groups excluding carboxylic acids is 2. The van der Waals surface area contributed by atoms with Gasteiger partial charge in [-0.15, -0.1) is 0 Å². The first kappa shape index (κ1) is 23.9. The maximum absolute atomic E-state index is 12.9. The predicted molar refractivity (Wildman–Crippen MR) is 135 cm³/mol. The van der Waals surface area contributed by atoms with E-state index in [-0.39, 0.29) is 12.2 Å². The van der Waals surface area contributed by atoms with Gasteiger partial charge in [0.25, 0.3) is 5.91 Å². The van der Waals surface area contributed by atoms with Gasteiger partial charge in [-0.05, 0) is 54.0 Å². The van der Waals surface area contributed by atoms with Crippen LogP contribution in [0.4, 0.5) is 4.79 Å². The number of nitrogens with zero attached hydrogens (tertiary/aromatic N) is 1. The highest BCUT2D eigenvalue weighted by molar-refractivity contribution is 9.10. The van der Waals surface area contributed by atoms with Gasteiger partial charge in [0.05, 0.1) is 13.7 Å². The number of ether oxygens (including phenoxy) is 2. The van der Waals surface area contributed by atoms with E-state index < -0.39 is 11.9 Å². The van der Waals surface area contributed by atoms with Gasteiger partial charge in [-0.3, -0.25) is 9.69 Å². The maximum atomic E-state index is 12.9. The molecule has 4 rings (SSSR count). The van der Waals surface area contributed by atoms with Crippen molar-refractivity contribution in [2.45, 2.75) is 20.1 Å². The maximum Gasteiger partial charge on any atom is 0.329 e. The Labute approximate surface area is 211 Å². The number of benzene rings is 3. The molecule has 1 N–H and O–H groups in total. The molecule has 1 heterocycles. The van der Waals surface area contributed by atoms with Crippen LogP contribution in [-0.2, 0) is 17.9 Å². The van der Waals surface area contributed by atoms with Crippen LogP contribution < -0.4 is 14.8 Å². The first-order chi connectivity index (χ1) is 16.3. The van der Waals surface area contributed by atoms with Crippen molar-refractivity contribution in [2.24, 2.45) is 0 Å². The zero-order chi connectivity index (χ0) is 24.2. The van der Waals surface area contributed by atoms with E-state index in [0.29, 0.717) is 33.2 Å². The summed E-state index contributed by atoms with van der Waals surface area (Å²) < 4.78 is 12.2. The number of hydrogen-bond acceptors (Lipinski definition) is 4. The number of methoxy groups -OCH3 is 1. The number of aryl methyl sites for hydroxylation is 1. The molecule has 3 amide bonds. The summed E-state index contributed by atoms with van der Waals surface area (Å²) in [6.07, 6.45) is 1.61. The van der Waals surface area contributed by atoms with Crippen molar-refractivity contribution in [3.63, 3.8) is 0 Å². The van der Waals surface area contributed by atoms with Crippen molar-refractivity contribution in [1.29, 1.82) is 0 Å². The fraction of sp³-hybridized carbons (Fsp3) is 0.154. The summed E-state index contributed by atoms with van der Waals surface area (Å²) in [5, 5.41) is 3.23. The van der Waals surface area contributed by atoms with Crippen molar-refractivity contribution in [3.05, 3.63) is 98.1 Å².